The van der Waals surface area contributed by atoms with Crippen molar-refractivity contribution in [1.29, 1.82) is 0 Å². The standard InChI is InChI=1S/C20H19N5O2S/c1-14-7-5-9-17(15(14)2)21-18-19(26)25(24-10-3-4-11-24)20(23-22-18)28-13-16-8-6-12-27-16/h3-12H,13H2,1-2H3,(H,21,22). The van der Waals surface area contributed by atoms with Crippen molar-refractivity contribution < 1.29 is 4.42 Å². The third kappa shape index (κ3) is 3.59. The van der Waals surface area contributed by atoms with Crippen LogP contribution in [-0.2, 0) is 5.75 Å². The lowest BCUT2D eigenvalue weighted by atomic mass is 10.1. The highest BCUT2D eigenvalue weighted by atomic mass is 32.2. The number of furan rings is 1. The van der Waals surface area contributed by atoms with Crippen LogP contribution in [0.5, 0.6) is 0 Å². The quantitative estimate of drug-likeness (QED) is 0.499. The monoisotopic (exact) mass is 393 g/mol. The van der Waals surface area contributed by atoms with Gasteiger partial charge in [0, 0.05) is 18.1 Å². The molecule has 3 aromatic heterocycles. The lowest BCUT2D eigenvalue weighted by Gasteiger charge is -2.14. The summed E-state index contributed by atoms with van der Waals surface area (Å²) in [7, 11) is 0. The van der Waals surface area contributed by atoms with Crippen LogP contribution in [0.2, 0.25) is 0 Å². The maximum atomic E-state index is 13.2. The molecular formula is C20H19N5O2S. The molecular weight excluding hydrogens is 374 g/mol. The summed E-state index contributed by atoms with van der Waals surface area (Å²) in [6.45, 7) is 4.03. The lowest BCUT2D eigenvalue weighted by molar-refractivity contribution is 0.523. The van der Waals surface area contributed by atoms with Gasteiger partial charge in [0.2, 0.25) is 11.0 Å². The molecule has 0 aliphatic rings. The van der Waals surface area contributed by atoms with Gasteiger partial charge in [-0.1, -0.05) is 23.9 Å². The molecule has 0 atom stereocenters. The first-order chi connectivity index (χ1) is 13.6. The molecule has 0 spiro atoms. The molecule has 0 aliphatic carbocycles. The fraction of sp³-hybridized carbons (Fsp3) is 0.150. The molecule has 142 valence electrons. The molecule has 0 aliphatic heterocycles. The molecule has 1 aromatic carbocycles. The van der Waals surface area contributed by atoms with E-state index < -0.39 is 0 Å². The van der Waals surface area contributed by atoms with E-state index in [2.05, 4.69) is 15.5 Å². The molecule has 0 amide bonds. The summed E-state index contributed by atoms with van der Waals surface area (Å²) in [5, 5.41) is 12.1. The summed E-state index contributed by atoms with van der Waals surface area (Å²) in [5.41, 5.74) is 2.75. The normalized spacial score (nSPS) is 10.9. The first-order valence-corrected chi connectivity index (χ1v) is 9.74. The van der Waals surface area contributed by atoms with Crippen LogP contribution in [0.4, 0.5) is 11.5 Å². The van der Waals surface area contributed by atoms with Crippen molar-refractivity contribution in [2.24, 2.45) is 0 Å². The molecule has 0 saturated carbocycles. The van der Waals surface area contributed by atoms with Crippen LogP contribution in [0.1, 0.15) is 16.9 Å². The van der Waals surface area contributed by atoms with Crippen molar-refractivity contribution >= 4 is 23.3 Å². The van der Waals surface area contributed by atoms with Gasteiger partial charge in [-0.05, 0) is 55.3 Å². The van der Waals surface area contributed by atoms with Crippen LogP contribution in [0.3, 0.4) is 0 Å². The zero-order valence-electron chi connectivity index (χ0n) is 15.5. The van der Waals surface area contributed by atoms with E-state index in [9.17, 15) is 4.79 Å². The number of thioether (sulfide) groups is 1. The Morgan fingerprint density at radius 1 is 1.07 bits per heavy atom. The Bertz CT molecular complexity index is 1130. The van der Waals surface area contributed by atoms with Crippen molar-refractivity contribution in [3.63, 3.8) is 0 Å². The van der Waals surface area contributed by atoms with Crippen molar-refractivity contribution in [2.75, 3.05) is 5.32 Å². The molecule has 7 nitrogen and oxygen atoms in total. The van der Waals surface area contributed by atoms with Crippen molar-refractivity contribution in [3.05, 3.63) is 88.4 Å². The molecule has 8 heteroatoms. The number of hydrogen-bond acceptors (Lipinski definition) is 6. The van der Waals surface area contributed by atoms with Gasteiger partial charge in [-0.2, -0.15) is 4.68 Å². The predicted octanol–water partition coefficient (Wildman–Crippen LogP) is 4.00. The molecule has 0 bridgehead atoms. The van der Waals surface area contributed by atoms with Gasteiger partial charge in [0.25, 0.3) is 0 Å². The number of aryl methyl sites for hydroxylation is 1. The minimum Gasteiger partial charge on any atom is -0.468 e. The Morgan fingerprint density at radius 2 is 1.89 bits per heavy atom. The molecule has 0 fully saturated rings. The predicted molar refractivity (Wildman–Crippen MR) is 109 cm³/mol. The van der Waals surface area contributed by atoms with Gasteiger partial charge in [-0.25, -0.2) is 0 Å². The fourth-order valence-electron chi connectivity index (χ4n) is 2.74. The van der Waals surface area contributed by atoms with E-state index in [0.717, 1.165) is 22.6 Å². The highest BCUT2D eigenvalue weighted by Crippen LogP contribution is 2.23. The highest BCUT2D eigenvalue weighted by molar-refractivity contribution is 7.98. The van der Waals surface area contributed by atoms with Gasteiger partial charge >= 0.3 is 5.56 Å². The first kappa shape index (κ1) is 18.1. The van der Waals surface area contributed by atoms with Gasteiger partial charge in [-0.15, -0.1) is 10.2 Å². The van der Waals surface area contributed by atoms with Crippen molar-refractivity contribution in [1.82, 2.24) is 19.5 Å². The van der Waals surface area contributed by atoms with Crippen LogP contribution < -0.4 is 10.9 Å². The van der Waals surface area contributed by atoms with E-state index in [1.165, 1.54) is 16.4 Å². The summed E-state index contributed by atoms with van der Waals surface area (Å²) in [6, 6.07) is 13.3. The van der Waals surface area contributed by atoms with Crippen LogP contribution in [0.25, 0.3) is 0 Å². The largest absolute Gasteiger partial charge is 0.468 e. The fourth-order valence-corrected chi connectivity index (χ4v) is 3.57. The van der Waals surface area contributed by atoms with E-state index in [1.54, 1.807) is 23.3 Å². The van der Waals surface area contributed by atoms with Crippen molar-refractivity contribution in [3.8, 4) is 0 Å². The minimum absolute atomic E-state index is 0.171. The Labute approximate surface area is 166 Å². The van der Waals surface area contributed by atoms with E-state index >= 15 is 0 Å². The second-order valence-corrected chi connectivity index (χ2v) is 7.19. The Morgan fingerprint density at radius 3 is 2.64 bits per heavy atom. The second kappa shape index (κ2) is 7.77. The van der Waals surface area contributed by atoms with Crippen molar-refractivity contribution in [2.45, 2.75) is 24.8 Å². The SMILES string of the molecule is Cc1cccc(Nc2nnc(SCc3ccco3)n(-n3cccc3)c2=O)c1C. The topological polar surface area (TPSA) is 77.9 Å². The smallest absolute Gasteiger partial charge is 0.316 e. The zero-order chi connectivity index (χ0) is 19.5. The number of rotatable bonds is 6. The molecule has 0 unspecified atom stereocenters. The van der Waals surface area contributed by atoms with E-state index in [-0.39, 0.29) is 11.4 Å². The maximum Gasteiger partial charge on any atom is 0.316 e. The number of benzene rings is 1. The number of nitrogens with zero attached hydrogens (tertiary/aromatic N) is 4. The molecule has 0 radical (unpaired) electrons. The number of nitrogens with one attached hydrogen (secondary N) is 1. The summed E-state index contributed by atoms with van der Waals surface area (Å²) < 4.78 is 8.55. The third-order valence-electron chi connectivity index (χ3n) is 4.41. The van der Waals surface area contributed by atoms with Gasteiger partial charge < -0.3 is 9.73 Å². The van der Waals surface area contributed by atoms with E-state index in [1.807, 2.05) is 56.3 Å². The third-order valence-corrected chi connectivity index (χ3v) is 5.35. The highest BCUT2D eigenvalue weighted by Gasteiger charge is 2.15. The first-order valence-electron chi connectivity index (χ1n) is 8.75. The van der Waals surface area contributed by atoms with Crippen LogP contribution in [0, 0.1) is 13.8 Å². The molecule has 28 heavy (non-hydrogen) atoms. The zero-order valence-corrected chi connectivity index (χ0v) is 16.3. The molecule has 0 saturated heterocycles. The Hall–Kier alpha value is -3.26. The molecule has 1 N–H and O–H groups in total. The Kier molecular flexibility index (Phi) is 5.03. The van der Waals surface area contributed by atoms with Crippen LogP contribution in [-0.4, -0.2) is 19.5 Å². The summed E-state index contributed by atoms with van der Waals surface area (Å²) >= 11 is 1.38. The molecule has 4 aromatic rings. The maximum absolute atomic E-state index is 13.2. The minimum atomic E-state index is -0.283. The summed E-state index contributed by atoms with van der Waals surface area (Å²) in [5.74, 6) is 1.52. The second-order valence-electron chi connectivity index (χ2n) is 6.25. The van der Waals surface area contributed by atoms with Gasteiger partial charge in [0.05, 0.1) is 12.0 Å². The average Bonchev–Trinajstić information content (AvgIpc) is 3.39. The summed E-state index contributed by atoms with van der Waals surface area (Å²) in [6.07, 6.45) is 5.21. The van der Waals surface area contributed by atoms with Crippen LogP contribution >= 0.6 is 11.8 Å². The van der Waals surface area contributed by atoms with Gasteiger partial charge in [0.1, 0.15) is 5.76 Å². The molecule has 4 rings (SSSR count). The Balaban J connectivity index is 1.72. The average molecular weight is 393 g/mol. The van der Waals surface area contributed by atoms with Gasteiger partial charge in [-0.3, -0.25) is 9.47 Å². The molecule has 3 heterocycles. The van der Waals surface area contributed by atoms with Crippen LogP contribution in [0.15, 0.2) is 75.5 Å². The number of anilines is 2. The summed E-state index contributed by atoms with van der Waals surface area (Å²) in [4.78, 5) is 13.2. The van der Waals surface area contributed by atoms with E-state index in [0.29, 0.717) is 10.9 Å². The van der Waals surface area contributed by atoms with E-state index in [4.69, 9.17) is 4.42 Å². The lowest BCUT2D eigenvalue weighted by Crippen LogP contribution is -2.30. The number of hydrogen-bond donors (Lipinski definition) is 1. The van der Waals surface area contributed by atoms with Gasteiger partial charge in [0.15, 0.2) is 0 Å². The number of aromatic nitrogens is 4.